The Morgan fingerprint density at radius 2 is 1.70 bits per heavy atom. The molecule has 2 heterocycles. The maximum Gasteiger partial charge on any atom is 0.251 e. The number of carbonyl (C=O) groups excluding carboxylic acids is 3. The van der Waals surface area contributed by atoms with Crippen LogP contribution in [0.4, 0.5) is 4.39 Å². The number of amides is 3. The predicted molar refractivity (Wildman–Crippen MR) is 159 cm³/mol. The monoisotopic (exact) mass is 590 g/mol. The minimum atomic E-state index is -1.02. The molecular weight excluding hydrogens is 551 g/mol. The van der Waals surface area contributed by atoms with Gasteiger partial charge in [0.1, 0.15) is 12.3 Å². The van der Waals surface area contributed by atoms with Gasteiger partial charge in [-0.2, -0.15) is 0 Å². The van der Waals surface area contributed by atoms with E-state index in [-0.39, 0.29) is 61.3 Å². The van der Waals surface area contributed by atoms with Gasteiger partial charge in [0.25, 0.3) is 5.91 Å². The summed E-state index contributed by atoms with van der Waals surface area (Å²) in [5.74, 6) is 5.89. The minimum absolute atomic E-state index is 0.0287. The van der Waals surface area contributed by atoms with Gasteiger partial charge in [-0.1, -0.05) is 24.0 Å². The van der Waals surface area contributed by atoms with E-state index in [1.165, 1.54) is 0 Å². The zero-order chi connectivity index (χ0) is 30.3. The Morgan fingerprint density at radius 3 is 2.28 bits per heavy atom. The van der Waals surface area contributed by atoms with Crippen LogP contribution < -0.4 is 16.0 Å². The summed E-state index contributed by atoms with van der Waals surface area (Å²) in [4.78, 5) is 40.3. The van der Waals surface area contributed by atoms with Gasteiger partial charge in [0.15, 0.2) is 0 Å². The summed E-state index contributed by atoms with van der Waals surface area (Å²) in [6, 6.07) is 13.9. The molecule has 0 aromatic heterocycles. The summed E-state index contributed by atoms with van der Waals surface area (Å²) < 4.78 is 24.2. The van der Waals surface area contributed by atoms with Crippen molar-refractivity contribution in [2.24, 2.45) is 5.92 Å². The van der Waals surface area contributed by atoms with E-state index in [0.29, 0.717) is 25.1 Å². The molecule has 3 fully saturated rings. The standard InChI is InChI=1S/C33H39FN4O5/c1-42-20-30(43-2)23-9-5-21(6-10-23)3-4-22-7-11-24(12-8-22)31(39)36-18-28-16-27(19-38(28)33(41)25-13-14-25)37-32(40)29-15-26(34)17-35-29/h5-12,25-30,35H,13-20H2,1-2H3,(H,36,39)(H,37,40)/t26-,27+,28+,29-,30+/m0/s1. The van der Waals surface area contributed by atoms with Crippen LogP contribution in [0.15, 0.2) is 48.5 Å². The van der Waals surface area contributed by atoms with Crippen molar-refractivity contribution in [2.45, 2.75) is 56.1 Å². The van der Waals surface area contributed by atoms with Crippen LogP contribution in [0.25, 0.3) is 0 Å². The highest BCUT2D eigenvalue weighted by Crippen LogP contribution is 2.33. The second kappa shape index (κ2) is 14.1. The second-order valence-electron chi connectivity index (χ2n) is 11.5. The van der Waals surface area contributed by atoms with Crippen molar-refractivity contribution in [1.82, 2.24) is 20.9 Å². The first-order valence-corrected chi connectivity index (χ1v) is 14.8. The smallest absolute Gasteiger partial charge is 0.251 e. The largest absolute Gasteiger partial charge is 0.382 e. The van der Waals surface area contributed by atoms with Gasteiger partial charge in [-0.15, -0.1) is 0 Å². The topological polar surface area (TPSA) is 109 Å². The molecule has 9 nitrogen and oxygen atoms in total. The number of halogens is 1. The fourth-order valence-corrected chi connectivity index (χ4v) is 5.64. The highest BCUT2D eigenvalue weighted by Gasteiger charge is 2.42. The van der Waals surface area contributed by atoms with E-state index >= 15 is 0 Å². The molecule has 0 radical (unpaired) electrons. The molecule has 0 unspecified atom stereocenters. The van der Waals surface area contributed by atoms with E-state index in [9.17, 15) is 18.8 Å². The normalized spacial score (nSPS) is 23.7. The van der Waals surface area contributed by atoms with E-state index in [2.05, 4.69) is 27.8 Å². The van der Waals surface area contributed by atoms with Gasteiger partial charge in [-0.05, 0) is 61.2 Å². The molecule has 0 spiro atoms. The molecule has 5 rings (SSSR count). The van der Waals surface area contributed by atoms with Crippen LogP contribution in [0.5, 0.6) is 0 Å². The first kappa shape index (κ1) is 30.7. The zero-order valence-corrected chi connectivity index (χ0v) is 24.6. The fraction of sp³-hybridized carbons (Fsp3) is 0.485. The lowest BCUT2D eigenvalue weighted by Crippen LogP contribution is -2.46. The third kappa shape index (κ3) is 7.99. The van der Waals surface area contributed by atoms with E-state index in [4.69, 9.17) is 9.47 Å². The Bertz CT molecular complexity index is 1350. The molecule has 1 saturated carbocycles. The van der Waals surface area contributed by atoms with Crippen molar-refractivity contribution in [3.8, 4) is 11.8 Å². The lowest BCUT2D eigenvalue weighted by atomic mass is 10.1. The van der Waals surface area contributed by atoms with Crippen LogP contribution in [0.1, 0.15) is 58.8 Å². The number of rotatable bonds is 10. The Morgan fingerprint density at radius 1 is 1.02 bits per heavy atom. The number of nitrogens with one attached hydrogen (secondary N) is 3. The number of benzene rings is 2. The Labute approximate surface area is 251 Å². The molecule has 5 atom stereocenters. The molecule has 10 heteroatoms. The first-order chi connectivity index (χ1) is 20.8. The quantitative estimate of drug-likeness (QED) is 0.367. The predicted octanol–water partition coefficient (Wildman–Crippen LogP) is 2.35. The summed E-state index contributed by atoms with van der Waals surface area (Å²) >= 11 is 0. The summed E-state index contributed by atoms with van der Waals surface area (Å²) in [6.07, 6.45) is 1.28. The Kier molecular flexibility index (Phi) is 10.1. The lowest BCUT2D eigenvalue weighted by molar-refractivity contribution is -0.133. The first-order valence-electron chi connectivity index (χ1n) is 14.8. The summed E-state index contributed by atoms with van der Waals surface area (Å²) in [5, 5.41) is 8.85. The van der Waals surface area contributed by atoms with Crippen molar-refractivity contribution in [3.63, 3.8) is 0 Å². The minimum Gasteiger partial charge on any atom is -0.382 e. The number of hydrogen-bond donors (Lipinski definition) is 3. The number of likely N-dealkylation sites (tertiary alicyclic amines) is 1. The molecule has 3 aliphatic rings. The molecule has 3 amide bonds. The van der Waals surface area contributed by atoms with Gasteiger partial charge in [0.05, 0.1) is 18.7 Å². The zero-order valence-electron chi connectivity index (χ0n) is 24.6. The summed E-state index contributed by atoms with van der Waals surface area (Å²) in [6.45, 7) is 1.32. The highest BCUT2D eigenvalue weighted by molar-refractivity contribution is 5.94. The van der Waals surface area contributed by atoms with Crippen LogP contribution in [-0.4, -0.2) is 87.4 Å². The molecule has 2 aromatic rings. The Balaban J connectivity index is 1.15. The third-order valence-corrected chi connectivity index (χ3v) is 8.25. The third-order valence-electron chi connectivity index (χ3n) is 8.25. The molecule has 3 N–H and O–H groups in total. The molecule has 2 aromatic carbocycles. The van der Waals surface area contributed by atoms with Gasteiger partial charge in [-0.3, -0.25) is 14.4 Å². The molecule has 0 bridgehead atoms. The average Bonchev–Trinajstić information content (AvgIpc) is 3.66. The molecular formula is C33H39FN4O5. The van der Waals surface area contributed by atoms with E-state index in [1.54, 1.807) is 43.4 Å². The average molecular weight is 591 g/mol. The van der Waals surface area contributed by atoms with E-state index < -0.39 is 12.2 Å². The van der Waals surface area contributed by atoms with Crippen molar-refractivity contribution >= 4 is 17.7 Å². The van der Waals surface area contributed by atoms with Crippen LogP contribution in [-0.2, 0) is 19.1 Å². The second-order valence-corrected chi connectivity index (χ2v) is 11.5. The SMILES string of the molecule is COC[C@@H](OC)c1ccc(C#Cc2ccc(C(=O)NC[C@H]3C[C@@H](NC(=O)[C@@H]4C[C@H](F)CN4)CN3C(=O)C3CC3)cc2)cc1. The van der Waals surface area contributed by atoms with E-state index in [0.717, 1.165) is 29.5 Å². The van der Waals surface area contributed by atoms with Gasteiger partial charge in [-0.25, -0.2) is 4.39 Å². The van der Waals surface area contributed by atoms with Crippen molar-refractivity contribution < 1.29 is 28.2 Å². The van der Waals surface area contributed by atoms with E-state index in [1.807, 2.05) is 24.3 Å². The lowest BCUT2D eigenvalue weighted by Gasteiger charge is -2.25. The summed E-state index contributed by atoms with van der Waals surface area (Å²) in [5.41, 5.74) is 3.15. The van der Waals surface area contributed by atoms with Gasteiger partial charge in [0.2, 0.25) is 11.8 Å². The fourth-order valence-electron chi connectivity index (χ4n) is 5.64. The summed E-state index contributed by atoms with van der Waals surface area (Å²) in [7, 11) is 3.29. The highest BCUT2D eigenvalue weighted by atomic mass is 19.1. The van der Waals surface area contributed by atoms with Crippen molar-refractivity contribution in [1.29, 1.82) is 0 Å². The van der Waals surface area contributed by atoms with Crippen molar-refractivity contribution in [3.05, 3.63) is 70.8 Å². The van der Waals surface area contributed by atoms with Crippen LogP contribution >= 0.6 is 0 Å². The van der Waals surface area contributed by atoms with Gasteiger partial charge in [0, 0.05) is 68.9 Å². The van der Waals surface area contributed by atoms with Gasteiger partial charge < -0.3 is 30.3 Å². The van der Waals surface area contributed by atoms with Crippen LogP contribution in [0, 0.1) is 17.8 Å². The number of ether oxygens (including phenoxy) is 2. The number of alkyl halides is 1. The number of carbonyl (C=O) groups is 3. The molecule has 1 aliphatic carbocycles. The maximum absolute atomic E-state index is 13.5. The number of methoxy groups -OCH3 is 2. The maximum atomic E-state index is 13.5. The van der Waals surface area contributed by atoms with Gasteiger partial charge >= 0.3 is 0 Å². The molecule has 43 heavy (non-hydrogen) atoms. The van der Waals surface area contributed by atoms with Crippen LogP contribution in [0.3, 0.4) is 0 Å². The Hall–Kier alpha value is -3.78. The molecule has 2 saturated heterocycles. The number of hydrogen-bond acceptors (Lipinski definition) is 6. The van der Waals surface area contributed by atoms with Crippen LogP contribution in [0.2, 0.25) is 0 Å². The number of nitrogens with zero attached hydrogens (tertiary/aromatic N) is 1. The molecule has 2 aliphatic heterocycles. The van der Waals surface area contributed by atoms with Crippen molar-refractivity contribution in [2.75, 3.05) is 40.5 Å². The molecule has 228 valence electrons.